The Morgan fingerprint density at radius 1 is 0.886 bits per heavy atom. The molecule has 0 fully saturated rings. The molecule has 2 aromatic heterocycles. The quantitative estimate of drug-likeness (QED) is 0.169. The van der Waals surface area contributed by atoms with Crippen molar-refractivity contribution in [2.45, 2.75) is 25.3 Å². The topological polar surface area (TPSA) is 97.4 Å². The van der Waals surface area contributed by atoms with E-state index in [1.54, 1.807) is 30.3 Å². The Labute approximate surface area is 249 Å². The van der Waals surface area contributed by atoms with E-state index in [1.165, 1.54) is 28.8 Å². The van der Waals surface area contributed by atoms with Crippen LogP contribution in [0.3, 0.4) is 0 Å². The summed E-state index contributed by atoms with van der Waals surface area (Å²) in [6, 6.07) is 15.4. The smallest absolute Gasteiger partial charge is 0.416 e. The summed E-state index contributed by atoms with van der Waals surface area (Å²) in [5.74, 6) is -1.18. The molecule has 0 spiro atoms. The molecule has 0 unspecified atom stereocenters. The molecule has 1 amide bonds. The number of hydrogen-bond acceptors (Lipinski definition) is 4. The monoisotopic (exact) mass is 635 g/mol. The summed E-state index contributed by atoms with van der Waals surface area (Å²) in [6.07, 6.45) is -10.4. The standard InChI is InChI=1S/C30H20ClF6N3O4/c31-21-4-2-1-3-20(21)24-7-8-25(44-24)27-39-22-13-17(28(43)38-10-9-26(41)42)5-6-23(22)40(27)15-16-11-18(29(32,33)34)14-19(12-16)30(35,36)37/h1-8,11-14H,9-10,15H2,(H,38,43)(H,41,42). The third-order valence-corrected chi connectivity index (χ3v) is 6.92. The highest BCUT2D eigenvalue weighted by Gasteiger charge is 2.37. The van der Waals surface area contributed by atoms with Crippen molar-refractivity contribution in [3.8, 4) is 22.9 Å². The van der Waals surface area contributed by atoms with Gasteiger partial charge in [-0.1, -0.05) is 23.7 Å². The lowest BCUT2D eigenvalue weighted by Crippen LogP contribution is -2.25. The van der Waals surface area contributed by atoms with Gasteiger partial charge in [0.15, 0.2) is 11.6 Å². The molecule has 0 saturated heterocycles. The maximum Gasteiger partial charge on any atom is 0.416 e. The molecule has 0 atom stereocenters. The summed E-state index contributed by atoms with van der Waals surface area (Å²) in [5.41, 5.74) is -2.13. The number of benzene rings is 3. The second-order valence-corrected chi connectivity index (χ2v) is 10.1. The van der Waals surface area contributed by atoms with Gasteiger partial charge in [0.1, 0.15) is 5.76 Å². The van der Waals surface area contributed by atoms with Gasteiger partial charge in [-0.3, -0.25) is 9.59 Å². The SMILES string of the molecule is O=C(O)CCNC(=O)c1ccc2c(c1)nc(-c1ccc(-c3ccccc3Cl)o1)n2Cc1cc(C(F)(F)F)cc(C(F)(F)F)c1. The van der Waals surface area contributed by atoms with Crippen molar-refractivity contribution >= 4 is 34.5 Å². The number of fused-ring (bicyclic) bond motifs is 1. The number of hydrogen-bond donors (Lipinski definition) is 2. The lowest BCUT2D eigenvalue weighted by molar-refractivity contribution is -0.143. The fourth-order valence-corrected chi connectivity index (χ4v) is 4.79. The number of carboxylic acids is 1. The number of imidazole rings is 1. The highest BCUT2D eigenvalue weighted by atomic mass is 35.5. The van der Waals surface area contributed by atoms with Crippen molar-refractivity contribution in [3.05, 3.63) is 100 Å². The molecule has 7 nitrogen and oxygen atoms in total. The molecule has 0 aliphatic carbocycles. The molecular formula is C30H20ClF6N3O4. The van der Waals surface area contributed by atoms with Gasteiger partial charge in [-0.05, 0) is 66.2 Å². The maximum atomic E-state index is 13.6. The Bertz CT molecular complexity index is 1840. The van der Waals surface area contributed by atoms with Crippen molar-refractivity contribution in [1.29, 1.82) is 0 Å². The van der Waals surface area contributed by atoms with E-state index in [4.69, 9.17) is 21.1 Å². The Morgan fingerprint density at radius 2 is 1.55 bits per heavy atom. The summed E-state index contributed by atoms with van der Waals surface area (Å²) < 4.78 is 88.8. The number of amides is 1. The highest BCUT2D eigenvalue weighted by molar-refractivity contribution is 6.33. The minimum atomic E-state index is -5.04. The average Bonchev–Trinajstić information content (AvgIpc) is 3.57. The van der Waals surface area contributed by atoms with Crippen LogP contribution in [0, 0.1) is 0 Å². The van der Waals surface area contributed by atoms with Gasteiger partial charge in [-0.15, -0.1) is 0 Å². The molecule has 14 heteroatoms. The molecule has 3 aromatic carbocycles. The fraction of sp³-hybridized carbons (Fsp3) is 0.167. The van der Waals surface area contributed by atoms with E-state index in [2.05, 4.69) is 10.3 Å². The lowest BCUT2D eigenvalue weighted by atomic mass is 10.0. The van der Waals surface area contributed by atoms with Gasteiger partial charge in [0.05, 0.1) is 33.6 Å². The first-order valence-electron chi connectivity index (χ1n) is 12.8. The van der Waals surface area contributed by atoms with Crippen LogP contribution in [0.15, 0.2) is 77.2 Å². The van der Waals surface area contributed by atoms with Gasteiger partial charge in [-0.25, -0.2) is 4.98 Å². The number of rotatable bonds is 8. The van der Waals surface area contributed by atoms with Gasteiger partial charge in [0.2, 0.25) is 0 Å². The number of nitrogens with zero attached hydrogens (tertiary/aromatic N) is 2. The fourth-order valence-electron chi connectivity index (χ4n) is 4.56. The van der Waals surface area contributed by atoms with Gasteiger partial charge in [0, 0.05) is 24.2 Å². The van der Waals surface area contributed by atoms with Crippen LogP contribution in [0.5, 0.6) is 0 Å². The molecule has 228 valence electrons. The molecular weight excluding hydrogens is 616 g/mol. The summed E-state index contributed by atoms with van der Waals surface area (Å²) in [4.78, 5) is 27.9. The Kier molecular flexibility index (Phi) is 8.17. The largest absolute Gasteiger partial charge is 0.481 e. The molecule has 0 aliphatic heterocycles. The van der Waals surface area contributed by atoms with Crippen LogP contribution in [0.25, 0.3) is 33.9 Å². The van der Waals surface area contributed by atoms with Gasteiger partial charge in [0.25, 0.3) is 5.91 Å². The Morgan fingerprint density at radius 3 is 2.18 bits per heavy atom. The van der Waals surface area contributed by atoms with Crippen LogP contribution in [0.2, 0.25) is 5.02 Å². The first-order chi connectivity index (χ1) is 20.7. The van der Waals surface area contributed by atoms with E-state index in [1.807, 2.05) is 0 Å². The van der Waals surface area contributed by atoms with Gasteiger partial charge >= 0.3 is 18.3 Å². The Hall–Kier alpha value is -4.78. The van der Waals surface area contributed by atoms with Crippen molar-refractivity contribution in [2.24, 2.45) is 0 Å². The summed E-state index contributed by atoms with van der Waals surface area (Å²) >= 11 is 6.29. The van der Waals surface area contributed by atoms with E-state index >= 15 is 0 Å². The number of halogens is 7. The Balaban J connectivity index is 1.63. The maximum absolute atomic E-state index is 13.6. The predicted molar refractivity (Wildman–Crippen MR) is 148 cm³/mol. The summed E-state index contributed by atoms with van der Waals surface area (Å²) in [7, 11) is 0. The van der Waals surface area contributed by atoms with Gasteiger partial charge < -0.3 is 19.4 Å². The molecule has 5 rings (SSSR count). The molecule has 0 aliphatic rings. The summed E-state index contributed by atoms with van der Waals surface area (Å²) in [5, 5.41) is 11.6. The zero-order chi connectivity index (χ0) is 31.8. The molecule has 0 radical (unpaired) electrons. The number of carbonyl (C=O) groups is 2. The van der Waals surface area contributed by atoms with Crippen LogP contribution in [0.4, 0.5) is 26.3 Å². The van der Waals surface area contributed by atoms with Crippen molar-refractivity contribution in [1.82, 2.24) is 14.9 Å². The minimum Gasteiger partial charge on any atom is -0.481 e. The third-order valence-electron chi connectivity index (χ3n) is 6.59. The average molecular weight is 636 g/mol. The molecule has 44 heavy (non-hydrogen) atoms. The van der Waals surface area contributed by atoms with Crippen LogP contribution >= 0.6 is 11.6 Å². The normalized spacial score (nSPS) is 12.1. The first-order valence-corrected chi connectivity index (χ1v) is 13.2. The third kappa shape index (κ3) is 6.57. The van der Waals surface area contributed by atoms with Crippen molar-refractivity contribution < 1.29 is 45.5 Å². The zero-order valence-corrected chi connectivity index (χ0v) is 23.0. The zero-order valence-electron chi connectivity index (χ0n) is 22.3. The van der Waals surface area contributed by atoms with Crippen molar-refractivity contribution in [3.63, 3.8) is 0 Å². The second-order valence-electron chi connectivity index (χ2n) is 9.68. The number of carboxylic acid groups (broad SMARTS) is 1. The number of nitrogens with one attached hydrogen (secondary N) is 1. The van der Waals surface area contributed by atoms with E-state index in [-0.39, 0.29) is 52.8 Å². The van der Waals surface area contributed by atoms with Crippen LogP contribution in [-0.4, -0.2) is 33.1 Å². The van der Waals surface area contributed by atoms with Crippen LogP contribution in [-0.2, 0) is 23.7 Å². The van der Waals surface area contributed by atoms with Crippen LogP contribution < -0.4 is 5.32 Å². The summed E-state index contributed by atoms with van der Waals surface area (Å²) in [6.45, 7) is -0.606. The van der Waals surface area contributed by atoms with Gasteiger partial charge in [-0.2, -0.15) is 26.3 Å². The molecule has 0 bridgehead atoms. The van der Waals surface area contributed by atoms with Crippen LogP contribution in [0.1, 0.15) is 33.5 Å². The second kappa shape index (κ2) is 11.7. The molecule has 2 heterocycles. The lowest BCUT2D eigenvalue weighted by Gasteiger charge is -2.15. The van der Waals surface area contributed by atoms with Crippen molar-refractivity contribution in [2.75, 3.05) is 6.54 Å². The highest BCUT2D eigenvalue weighted by Crippen LogP contribution is 2.38. The molecule has 0 saturated carbocycles. The number of carbonyl (C=O) groups excluding carboxylic acids is 1. The number of furan rings is 1. The molecule has 5 aromatic rings. The van der Waals surface area contributed by atoms with E-state index < -0.39 is 41.9 Å². The van der Waals surface area contributed by atoms with E-state index in [0.29, 0.717) is 28.5 Å². The van der Waals surface area contributed by atoms with E-state index in [0.717, 1.165) is 0 Å². The minimum absolute atomic E-state index is 0.0497. The molecule has 2 N–H and O–H groups in total. The number of aliphatic carboxylic acids is 1. The predicted octanol–water partition coefficient (Wildman–Crippen LogP) is 7.91. The van der Waals surface area contributed by atoms with E-state index in [9.17, 15) is 35.9 Å². The first kappa shape index (κ1) is 30.7. The number of alkyl halides is 6. The number of aromatic nitrogens is 2.